The molecule has 0 radical (unpaired) electrons. The summed E-state index contributed by atoms with van der Waals surface area (Å²) in [5.74, 6) is -0.928. The summed E-state index contributed by atoms with van der Waals surface area (Å²) < 4.78 is 0.828. The highest BCUT2D eigenvalue weighted by Gasteiger charge is 2.21. The van der Waals surface area contributed by atoms with Gasteiger partial charge in [-0.15, -0.1) is 11.3 Å². The number of carbonyl (C=O) groups is 2. The zero-order valence-corrected chi connectivity index (χ0v) is 20.0. The summed E-state index contributed by atoms with van der Waals surface area (Å²) in [5.41, 5.74) is 3.02. The Morgan fingerprint density at radius 3 is 2.09 bits per heavy atom. The molecular weight excluding hydrogens is 432 g/mol. The van der Waals surface area contributed by atoms with Gasteiger partial charge in [0.05, 0.1) is 4.88 Å². The Hall–Kier alpha value is -3.70. The Morgan fingerprint density at radius 1 is 0.848 bits per heavy atom. The van der Waals surface area contributed by atoms with E-state index in [2.05, 4.69) is 0 Å². The van der Waals surface area contributed by atoms with E-state index in [0.29, 0.717) is 10.4 Å². The number of aliphatic carboxylic acids is 1. The SMILES string of the molecule is CC.CC.O=C(O)/C=C/c1ccc(-c2c(C(=O)c3ccccc3)sc3cc(O)ccc23)cc1. The van der Waals surface area contributed by atoms with Crippen LogP contribution in [0.5, 0.6) is 5.75 Å². The minimum Gasteiger partial charge on any atom is -0.508 e. The van der Waals surface area contributed by atoms with Crippen molar-refractivity contribution in [3.05, 3.63) is 94.9 Å². The first-order valence-electron chi connectivity index (χ1n) is 10.9. The van der Waals surface area contributed by atoms with Crippen LogP contribution in [0.25, 0.3) is 27.3 Å². The molecule has 0 aliphatic rings. The minimum atomic E-state index is -1.01. The number of carboxylic acid groups (broad SMARTS) is 1. The number of hydrogen-bond acceptors (Lipinski definition) is 4. The van der Waals surface area contributed by atoms with Gasteiger partial charge >= 0.3 is 5.97 Å². The molecule has 33 heavy (non-hydrogen) atoms. The quantitative estimate of drug-likeness (QED) is 0.237. The zero-order chi connectivity index (χ0) is 24.4. The molecule has 3 aromatic carbocycles. The lowest BCUT2D eigenvalue weighted by Crippen LogP contribution is -2.00. The number of benzene rings is 3. The molecule has 2 N–H and O–H groups in total. The van der Waals surface area contributed by atoms with E-state index in [9.17, 15) is 14.7 Å². The third-order valence-electron chi connectivity index (χ3n) is 4.53. The first-order valence-corrected chi connectivity index (χ1v) is 11.7. The second kappa shape index (κ2) is 12.4. The largest absolute Gasteiger partial charge is 0.508 e. The third-order valence-corrected chi connectivity index (χ3v) is 5.68. The molecule has 0 spiro atoms. The Morgan fingerprint density at radius 2 is 1.48 bits per heavy atom. The van der Waals surface area contributed by atoms with Crippen LogP contribution in [0, 0.1) is 0 Å². The van der Waals surface area contributed by atoms with Gasteiger partial charge in [0.15, 0.2) is 0 Å². The molecule has 0 amide bonds. The van der Waals surface area contributed by atoms with E-state index in [0.717, 1.165) is 32.9 Å². The van der Waals surface area contributed by atoms with Gasteiger partial charge in [0, 0.05) is 27.3 Å². The molecule has 0 saturated heterocycles. The molecule has 0 aliphatic heterocycles. The molecule has 4 nitrogen and oxygen atoms in total. The third kappa shape index (κ3) is 6.18. The van der Waals surface area contributed by atoms with Gasteiger partial charge in [-0.05, 0) is 35.4 Å². The lowest BCUT2D eigenvalue weighted by molar-refractivity contribution is -0.131. The van der Waals surface area contributed by atoms with Crippen molar-refractivity contribution < 1.29 is 19.8 Å². The molecule has 0 saturated carbocycles. The Kier molecular flexibility index (Phi) is 9.58. The van der Waals surface area contributed by atoms with Gasteiger partial charge in [-0.3, -0.25) is 4.79 Å². The Bertz CT molecular complexity index is 1240. The Balaban J connectivity index is 0.000000914. The van der Waals surface area contributed by atoms with Gasteiger partial charge in [-0.25, -0.2) is 4.79 Å². The van der Waals surface area contributed by atoms with E-state index >= 15 is 0 Å². The highest BCUT2D eigenvalue weighted by atomic mass is 32.1. The highest BCUT2D eigenvalue weighted by molar-refractivity contribution is 7.21. The van der Waals surface area contributed by atoms with Crippen molar-refractivity contribution in [3.63, 3.8) is 0 Å². The molecule has 4 aromatic rings. The predicted molar refractivity (Wildman–Crippen MR) is 138 cm³/mol. The van der Waals surface area contributed by atoms with Crippen molar-refractivity contribution in [2.45, 2.75) is 27.7 Å². The number of carbonyl (C=O) groups excluding carboxylic acids is 1. The maximum atomic E-state index is 13.2. The van der Waals surface area contributed by atoms with Crippen LogP contribution < -0.4 is 0 Å². The van der Waals surface area contributed by atoms with E-state index in [-0.39, 0.29) is 11.5 Å². The van der Waals surface area contributed by atoms with Crippen molar-refractivity contribution in [2.24, 2.45) is 0 Å². The van der Waals surface area contributed by atoms with Crippen molar-refractivity contribution >= 4 is 39.3 Å². The number of phenols is 1. The smallest absolute Gasteiger partial charge is 0.328 e. The molecular formula is C28H28O4S. The summed E-state index contributed by atoms with van der Waals surface area (Å²) in [4.78, 5) is 24.5. The second-order valence-corrected chi connectivity index (χ2v) is 7.53. The number of phenolic OH excluding ortho intramolecular Hbond substituents is 1. The first-order chi connectivity index (χ1) is 16.0. The zero-order valence-electron chi connectivity index (χ0n) is 19.2. The van der Waals surface area contributed by atoms with E-state index in [1.807, 2.05) is 76.2 Å². The first kappa shape index (κ1) is 25.6. The number of fused-ring (bicyclic) bond motifs is 1. The molecule has 0 atom stereocenters. The fraction of sp³-hybridized carbons (Fsp3) is 0.143. The van der Waals surface area contributed by atoms with Gasteiger partial charge in [-0.2, -0.15) is 0 Å². The van der Waals surface area contributed by atoms with E-state index in [4.69, 9.17) is 5.11 Å². The number of carboxylic acids is 1. The van der Waals surface area contributed by atoms with Gasteiger partial charge < -0.3 is 10.2 Å². The van der Waals surface area contributed by atoms with E-state index < -0.39 is 5.97 Å². The molecule has 4 rings (SSSR count). The van der Waals surface area contributed by atoms with Crippen LogP contribution in [-0.4, -0.2) is 22.0 Å². The highest BCUT2D eigenvalue weighted by Crippen LogP contribution is 2.41. The molecule has 170 valence electrons. The predicted octanol–water partition coefficient (Wildman–Crippen LogP) is 7.66. The normalized spacial score (nSPS) is 10.2. The van der Waals surface area contributed by atoms with Crippen molar-refractivity contribution in [1.82, 2.24) is 0 Å². The summed E-state index contributed by atoms with van der Waals surface area (Å²) in [5, 5.41) is 19.5. The fourth-order valence-corrected chi connectivity index (χ4v) is 4.40. The number of ketones is 1. The van der Waals surface area contributed by atoms with Crippen LogP contribution in [-0.2, 0) is 4.79 Å². The van der Waals surface area contributed by atoms with Gasteiger partial charge in [-0.1, -0.05) is 82.3 Å². The van der Waals surface area contributed by atoms with Crippen molar-refractivity contribution in [3.8, 4) is 16.9 Å². The van der Waals surface area contributed by atoms with Crippen LogP contribution in [0.4, 0.5) is 0 Å². The summed E-state index contributed by atoms with van der Waals surface area (Å²) in [6.07, 6.45) is 2.61. The Labute approximate surface area is 198 Å². The molecule has 5 heteroatoms. The lowest BCUT2D eigenvalue weighted by Gasteiger charge is -2.06. The van der Waals surface area contributed by atoms with Gasteiger partial charge in [0.1, 0.15) is 5.75 Å². The number of rotatable bonds is 5. The molecule has 1 heterocycles. The average molecular weight is 461 g/mol. The van der Waals surface area contributed by atoms with E-state index in [1.165, 1.54) is 17.4 Å². The van der Waals surface area contributed by atoms with E-state index in [1.54, 1.807) is 24.3 Å². The van der Waals surface area contributed by atoms with Crippen LogP contribution in [0.3, 0.4) is 0 Å². The maximum absolute atomic E-state index is 13.2. The lowest BCUT2D eigenvalue weighted by atomic mass is 9.97. The topological polar surface area (TPSA) is 74.6 Å². The molecule has 0 bridgehead atoms. The molecule has 0 aliphatic carbocycles. The van der Waals surface area contributed by atoms with Crippen LogP contribution in [0.2, 0.25) is 0 Å². The van der Waals surface area contributed by atoms with Crippen molar-refractivity contribution in [2.75, 3.05) is 0 Å². The average Bonchev–Trinajstić information content (AvgIpc) is 3.24. The van der Waals surface area contributed by atoms with Crippen molar-refractivity contribution in [1.29, 1.82) is 0 Å². The van der Waals surface area contributed by atoms with Crippen LogP contribution in [0.15, 0.2) is 78.9 Å². The number of aromatic hydroxyl groups is 1. The summed E-state index contributed by atoms with van der Waals surface area (Å²) in [6, 6.07) is 21.6. The molecule has 0 fully saturated rings. The minimum absolute atomic E-state index is 0.0730. The maximum Gasteiger partial charge on any atom is 0.328 e. The number of hydrogen-bond donors (Lipinski definition) is 2. The summed E-state index contributed by atoms with van der Waals surface area (Å²) >= 11 is 1.35. The van der Waals surface area contributed by atoms with Gasteiger partial charge in [0.2, 0.25) is 5.78 Å². The fourth-order valence-electron chi connectivity index (χ4n) is 3.18. The monoisotopic (exact) mass is 460 g/mol. The second-order valence-electron chi connectivity index (χ2n) is 6.48. The van der Waals surface area contributed by atoms with Crippen LogP contribution in [0.1, 0.15) is 48.5 Å². The summed E-state index contributed by atoms with van der Waals surface area (Å²) in [6.45, 7) is 8.00. The molecule has 1 aromatic heterocycles. The van der Waals surface area contributed by atoms with Crippen LogP contribution >= 0.6 is 11.3 Å². The number of thiophene rings is 1. The van der Waals surface area contributed by atoms with Gasteiger partial charge in [0.25, 0.3) is 0 Å². The standard InChI is InChI=1S/C24H16O4S.2C2H6/c25-18-11-12-19-20(14-18)29-24(23(28)17-4-2-1-3-5-17)22(19)16-9-6-15(7-10-16)8-13-21(26)27;2*1-2/h1-14,25H,(H,26,27);2*1-2H3/b13-8+;;. The molecule has 0 unspecified atom stereocenters. The summed E-state index contributed by atoms with van der Waals surface area (Å²) in [7, 11) is 0.